The quantitative estimate of drug-likeness (QED) is 0.704. The summed E-state index contributed by atoms with van der Waals surface area (Å²) in [5, 5.41) is 12.1. The molecule has 1 aromatic heterocycles. The molecule has 0 aromatic carbocycles. The molecule has 0 spiro atoms. The summed E-state index contributed by atoms with van der Waals surface area (Å²) in [4.78, 5) is 7.85. The number of halogens is 1. The molecule has 0 amide bonds. The van der Waals surface area contributed by atoms with E-state index < -0.39 is 0 Å². The average Bonchev–Trinajstić information content (AvgIpc) is 2.01. The number of aliphatic hydroxyl groups excluding tert-OH is 1. The first-order valence-electron chi connectivity index (χ1n) is 4.30. The van der Waals surface area contributed by atoms with E-state index in [1.54, 1.807) is 13.0 Å². The maximum atomic E-state index is 9.03. The van der Waals surface area contributed by atoms with Crippen LogP contribution >= 0.6 is 15.9 Å². The Morgan fingerprint density at radius 3 is 2.93 bits per heavy atom. The van der Waals surface area contributed by atoms with Crippen molar-refractivity contribution in [2.24, 2.45) is 0 Å². The van der Waals surface area contributed by atoms with Crippen LogP contribution in [0.25, 0.3) is 0 Å². The Morgan fingerprint density at radius 1 is 1.64 bits per heavy atom. The van der Waals surface area contributed by atoms with Gasteiger partial charge in [0.2, 0.25) is 5.95 Å². The SMILES string of the molecule is CC(O)CCNc1cc(Br)nc(N)n1. The van der Waals surface area contributed by atoms with Gasteiger partial charge in [0.05, 0.1) is 6.10 Å². The van der Waals surface area contributed by atoms with Crippen LogP contribution < -0.4 is 11.1 Å². The molecule has 0 saturated carbocycles. The molecule has 0 aliphatic heterocycles. The molecule has 6 heteroatoms. The Labute approximate surface area is 90.9 Å². The van der Waals surface area contributed by atoms with Gasteiger partial charge in [0.1, 0.15) is 10.4 Å². The summed E-state index contributed by atoms with van der Waals surface area (Å²) < 4.78 is 0.643. The van der Waals surface area contributed by atoms with Crippen molar-refractivity contribution in [3.05, 3.63) is 10.7 Å². The lowest BCUT2D eigenvalue weighted by atomic mass is 10.3. The van der Waals surface area contributed by atoms with Crippen LogP contribution in [0.5, 0.6) is 0 Å². The van der Waals surface area contributed by atoms with Crippen molar-refractivity contribution in [3.8, 4) is 0 Å². The van der Waals surface area contributed by atoms with E-state index in [0.717, 1.165) is 0 Å². The van der Waals surface area contributed by atoms with Crippen LogP contribution in [0, 0.1) is 0 Å². The Bertz CT molecular complexity index is 285. The van der Waals surface area contributed by atoms with Crippen molar-refractivity contribution < 1.29 is 5.11 Å². The van der Waals surface area contributed by atoms with Crippen molar-refractivity contribution in [3.63, 3.8) is 0 Å². The normalized spacial score (nSPS) is 12.5. The summed E-state index contributed by atoms with van der Waals surface area (Å²) in [7, 11) is 0. The van der Waals surface area contributed by atoms with E-state index in [1.807, 2.05) is 0 Å². The third-order valence-corrected chi connectivity index (χ3v) is 1.99. The van der Waals surface area contributed by atoms with Gasteiger partial charge in [0, 0.05) is 12.6 Å². The zero-order valence-electron chi connectivity index (χ0n) is 7.87. The molecular formula is C8H13BrN4O. The summed E-state index contributed by atoms with van der Waals surface area (Å²) in [5.74, 6) is 0.879. The second kappa shape index (κ2) is 5.11. The van der Waals surface area contributed by atoms with Crippen LogP contribution in [0.1, 0.15) is 13.3 Å². The van der Waals surface area contributed by atoms with Gasteiger partial charge in [0.15, 0.2) is 0 Å². The Hall–Kier alpha value is -0.880. The highest BCUT2D eigenvalue weighted by Crippen LogP contribution is 2.12. The van der Waals surface area contributed by atoms with Crippen LogP contribution in [-0.2, 0) is 0 Å². The van der Waals surface area contributed by atoms with Crippen LogP contribution in [0.15, 0.2) is 10.7 Å². The number of hydrogen-bond acceptors (Lipinski definition) is 5. The van der Waals surface area contributed by atoms with Gasteiger partial charge in [0.25, 0.3) is 0 Å². The molecular weight excluding hydrogens is 248 g/mol. The Kier molecular flexibility index (Phi) is 4.09. The molecule has 1 rings (SSSR count). The minimum atomic E-state index is -0.315. The highest BCUT2D eigenvalue weighted by molar-refractivity contribution is 9.10. The topological polar surface area (TPSA) is 84.1 Å². The fourth-order valence-corrected chi connectivity index (χ4v) is 1.33. The molecule has 0 aliphatic carbocycles. The van der Waals surface area contributed by atoms with Gasteiger partial charge in [-0.15, -0.1) is 0 Å². The van der Waals surface area contributed by atoms with Crippen LogP contribution in [-0.4, -0.2) is 27.7 Å². The summed E-state index contributed by atoms with van der Waals surface area (Å²) >= 11 is 3.21. The lowest BCUT2D eigenvalue weighted by molar-refractivity contribution is 0.188. The number of aromatic nitrogens is 2. The smallest absolute Gasteiger partial charge is 0.223 e. The third kappa shape index (κ3) is 3.89. The number of aliphatic hydroxyl groups is 1. The largest absolute Gasteiger partial charge is 0.393 e. The van der Waals surface area contributed by atoms with Gasteiger partial charge in [-0.05, 0) is 29.3 Å². The second-order valence-corrected chi connectivity index (χ2v) is 3.81. The first-order valence-corrected chi connectivity index (χ1v) is 5.09. The molecule has 0 bridgehead atoms. The van der Waals surface area contributed by atoms with E-state index in [1.165, 1.54) is 0 Å². The second-order valence-electron chi connectivity index (χ2n) is 3.00. The zero-order chi connectivity index (χ0) is 10.6. The number of hydrogen-bond donors (Lipinski definition) is 3. The molecule has 0 aliphatic rings. The predicted octanol–water partition coefficient (Wildman–Crippen LogP) is 1.00. The molecule has 14 heavy (non-hydrogen) atoms. The van der Waals surface area contributed by atoms with E-state index >= 15 is 0 Å². The van der Waals surface area contributed by atoms with Crippen LogP contribution in [0.2, 0.25) is 0 Å². The number of anilines is 2. The highest BCUT2D eigenvalue weighted by atomic mass is 79.9. The molecule has 5 nitrogen and oxygen atoms in total. The standard InChI is InChI=1S/C8H13BrN4O/c1-5(14)2-3-11-7-4-6(9)12-8(10)13-7/h4-5,14H,2-3H2,1H3,(H3,10,11,12,13). The zero-order valence-corrected chi connectivity index (χ0v) is 9.45. The van der Waals surface area contributed by atoms with Gasteiger partial charge in [-0.1, -0.05) is 0 Å². The van der Waals surface area contributed by atoms with Crippen molar-refractivity contribution in [2.45, 2.75) is 19.4 Å². The lowest BCUT2D eigenvalue weighted by Gasteiger charge is -2.07. The van der Waals surface area contributed by atoms with Gasteiger partial charge in [-0.3, -0.25) is 0 Å². The van der Waals surface area contributed by atoms with Gasteiger partial charge in [-0.2, -0.15) is 4.98 Å². The van der Waals surface area contributed by atoms with E-state index in [-0.39, 0.29) is 12.1 Å². The maximum Gasteiger partial charge on any atom is 0.223 e. The molecule has 1 unspecified atom stereocenters. The first-order chi connectivity index (χ1) is 6.58. The molecule has 0 saturated heterocycles. The van der Waals surface area contributed by atoms with Crippen LogP contribution in [0.4, 0.5) is 11.8 Å². The number of nitrogen functional groups attached to an aromatic ring is 1. The van der Waals surface area contributed by atoms with Crippen LogP contribution in [0.3, 0.4) is 0 Å². The minimum Gasteiger partial charge on any atom is -0.393 e. The van der Waals surface area contributed by atoms with Crippen molar-refractivity contribution in [2.75, 3.05) is 17.6 Å². The van der Waals surface area contributed by atoms with E-state index in [2.05, 4.69) is 31.2 Å². The minimum absolute atomic E-state index is 0.221. The molecule has 1 heterocycles. The molecule has 1 aromatic rings. The van der Waals surface area contributed by atoms with Crippen molar-refractivity contribution >= 4 is 27.7 Å². The van der Waals surface area contributed by atoms with E-state index in [4.69, 9.17) is 10.8 Å². The number of nitrogens with two attached hydrogens (primary N) is 1. The predicted molar refractivity (Wildman–Crippen MR) is 58.9 cm³/mol. The molecule has 4 N–H and O–H groups in total. The summed E-state index contributed by atoms with van der Waals surface area (Å²) in [6.45, 7) is 2.40. The highest BCUT2D eigenvalue weighted by Gasteiger charge is 2.00. The van der Waals surface area contributed by atoms with Gasteiger partial charge in [-0.25, -0.2) is 4.98 Å². The third-order valence-electron chi connectivity index (χ3n) is 1.58. The van der Waals surface area contributed by atoms with Crippen molar-refractivity contribution in [1.82, 2.24) is 9.97 Å². The lowest BCUT2D eigenvalue weighted by Crippen LogP contribution is -2.11. The molecule has 0 fully saturated rings. The average molecular weight is 261 g/mol. The number of rotatable bonds is 4. The first kappa shape index (κ1) is 11.2. The number of nitrogens with one attached hydrogen (secondary N) is 1. The van der Waals surface area contributed by atoms with E-state index in [0.29, 0.717) is 23.4 Å². The molecule has 1 atom stereocenters. The monoisotopic (exact) mass is 260 g/mol. The van der Waals surface area contributed by atoms with Gasteiger partial charge < -0.3 is 16.2 Å². The summed E-state index contributed by atoms with van der Waals surface area (Å²) in [5.41, 5.74) is 5.45. The van der Waals surface area contributed by atoms with Gasteiger partial charge >= 0.3 is 0 Å². The maximum absolute atomic E-state index is 9.03. The Balaban J connectivity index is 2.50. The number of nitrogens with zero attached hydrogens (tertiary/aromatic N) is 2. The van der Waals surface area contributed by atoms with E-state index in [9.17, 15) is 0 Å². The fourth-order valence-electron chi connectivity index (χ4n) is 0.935. The molecule has 78 valence electrons. The summed E-state index contributed by atoms with van der Waals surface area (Å²) in [6.07, 6.45) is 0.353. The summed E-state index contributed by atoms with van der Waals surface area (Å²) in [6, 6.07) is 1.73. The fraction of sp³-hybridized carbons (Fsp3) is 0.500. The van der Waals surface area contributed by atoms with Crippen molar-refractivity contribution in [1.29, 1.82) is 0 Å². The molecule has 0 radical (unpaired) electrons. The Morgan fingerprint density at radius 2 is 2.36 bits per heavy atom.